The molecule has 0 saturated carbocycles. The Morgan fingerprint density at radius 3 is 2.54 bits per heavy atom. The number of carbonyl (C=O) groups is 2. The summed E-state index contributed by atoms with van der Waals surface area (Å²) in [5, 5.41) is 14.8. The molecular weight excluding hydrogens is 493 g/mol. The number of nitrogens with one attached hydrogen (secondary N) is 2. The van der Waals surface area contributed by atoms with Gasteiger partial charge in [-0.2, -0.15) is 0 Å². The minimum atomic E-state index is -0.376. The lowest BCUT2D eigenvalue weighted by molar-refractivity contribution is -0.113. The van der Waals surface area contributed by atoms with Crippen LogP contribution in [0.15, 0.2) is 71.9 Å². The van der Waals surface area contributed by atoms with E-state index in [2.05, 4.69) is 20.8 Å². The van der Waals surface area contributed by atoms with E-state index in [4.69, 9.17) is 4.74 Å². The predicted octanol–water partition coefficient (Wildman–Crippen LogP) is 4.69. The third-order valence-electron chi connectivity index (χ3n) is 5.52. The van der Waals surface area contributed by atoms with Crippen molar-refractivity contribution in [1.29, 1.82) is 0 Å². The summed E-state index contributed by atoms with van der Waals surface area (Å²) in [4.78, 5) is 25.4. The standard InChI is InChI=1S/C27H26FN5O3S/c1-17-8-9-18(2)22(14-17)33-24(15-29-26(35)21-6-4-5-7-23(21)36-3)31-32-27(33)37-16-25(34)30-20-12-10-19(28)11-13-20/h4-14H,15-16H2,1-3H3,(H,29,35)(H,30,34). The molecule has 190 valence electrons. The van der Waals surface area contributed by atoms with Crippen LogP contribution in [0.2, 0.25) is 0 Å². The summed E-state index contributed by atoms with van der Waals surface area (Å²) in [5.41, 5.74) is 3.80. The van der Waals surface area contributed by atoms with E-state index in [1.54, 1.807) is 24.3 Å². The monoisotopic (exact) mass is 519 g/mol. The lowest BCUT2D eigenvalue weighted by Gasteiger charge is -2.14. The van der Waals surface area contributed by atoms with Crippen molar-refractivity contribution in [3.05, 3.63) is 95.1 Å². The van der Waals surface area contributed by atoms with Gasteiger partial charge in [0.25, 0.3) is 5.91 Å². The lowest BCUT2D eigenvalue weighted by atomic mass is 10.1. The van der Waals surface area contributed by atoms with Gasteiger partial charge in [-0.05, 0) is 67.4 Å². The van der Waals surface area contributed by atoms with Gasteiger partial charge in [0.2, 0.25) is 5.91 Å². The first-order valence-electron chi connectivity index (χ1n) is 11.5. The van der Waals surface area contributed by atoms with E-state index in [-0.39, 0.29) is 29.9 Å². The van der Waals surface area contributed by atoms with Gasteiger partial charge in [-0.3, -0.25) is 14.2 Å². The second kappa shape index (κ2) is 11.7. The van der Waals surface area contributed by atoms with Gasteiger partial charge in [0, 0.05) is 5.69 Å². The fourth-order valence-corrected chi connectivity index (χ4v) is 4.42. The van der Waals surface area contributed by atoms with Crippen LogP contribution in [0.5, 0.6) is 5.75 Å². The van der Waals surface area contributed by atoms with Gasteiger partial charge >= 0.3 is 0 Å². The van der Waals surface area contributed by atoms with Crippen LogP contribution in [0.4, 0.5) is 10.1 Å². The number of thioether (sulfide) groups is 1. The molecule has 0 radical (unpaired) electrons. The van der Waals surface area contributed by atoms with E-state index >= 15 is 0 Å². The molecule has 0 bridgehead atoms. The zero-order chi connectivity index (χ0) is 26.4. The third kappa shape index (κ3) is 6.34. The Kier molecular flexibility index (Phi) is 8.19. The van der Waals surface area contributed by atoms with Crippen molar-refractivity contribution < 1.29 is 18.7 Å². The highest BCUT2D eigenvalue weighted by molar-refractivity contribution is 7.99. The molecule has 0 atom stereocenters. The SMILES string of the molecule is COc1ccccc1C(=O)NCc1nnc(SCC(=O)Nc2ccc(F)cc2)n1-c1cc(C)ccc1C. The maximum atomic E-state index is 13.1. The number of halogens is 1. The van der Waals surface area contributed by atoms with Crippen molar-refractivity contribution >= 4 is 29.3 Å². The largest absolute Gasteiger partial charge is 0.496 e. The normalized spacial score (nSPS) is 10.7. The number of carbonyl (C=O) groups excluding carboxylic acids is 2. The van der Waals surface area contributed by atoms with Gasteiger partial charge < -0.3 is 15.4 Å². The molecule has 37 heavy (non-hydrogen) atoms. The number of aromatic nitrogens is 3. The fraction of sp³-hybridized carbons (Fsp3) is 0.185. The lowest BCUT2D eigenvalue weighted by Crippen LogP contribution is -2.25. The predicted molar refractivity (Wildman–Crippen MR) is 141 cm³/mol. The molecule has 8 nitrogen and oxygen atoms in total. The van der Waals surface area contributed by atoms with Crippen molar-refractivity contribution in [3.8, 4) is 11.4 Å². The molecule has 10 heteroatoms. The van der Waals surface area contributed by atoms with Crippen LogP contribution in [0.3, 0.4) is 0 Å². The number of benzene rings is 3. The molecule has 0 saturated heterocycles. The molecule has 1 heterocycles. The number of amides is 2. The zero-order valence-electron chi connectivity index (χ0n) is 20.6. The molecular formula is C27H26FN5O3S. The highest BCUT2D eigenvalue weighted by atomic mass is 32.2. The van der Waals surface area contributed by atoms with Gasteiger partial charge in [-0.25, -0.2) is 4.39 Å². The van der Waals surface area contributed by atoms with Crippen molar-refractivity contribution in [2.24, 2.45) is 0 Å². The van der Waals surface area contributed by atoms with E-state index in [1.807, 2.05) is 36.6 Å². The molecule has 0 aliphatic rings. The molecule has 3 aromatic carbocycles. The summed E-state index contributed by atoms with van der Waals surface area (Å²) >= 11 is 1.22. The number of hydrogen-bond acceptors (Lipinski definition) is 6. The van der Waals surface area contributed by atoms with Gasteiger partial charge in [0.15, 0.2) is 11.0 Å². The van der Waals surface area contributed by atoms with E-state index < -0.39 is 0 Å². The number of aryl methyl sites for hydroxylation is 2. The highest BCUT2D eigenvalue weighted by Gasteiger charge is 2.19. The molecule has 0 aliphatic heterocycles. The fourth-order valence-electron chi connectivity index (χ4n) is 3.66. The summed E-state index contributed by atoms with van der Waals surface area (Å²) in [6, 6.07) is 18.5. The van der Waals surface area contributed by atoms with Crippen molar-refractivity contribution in [2.75, 3.05) is 18.2 Å². The number of methoxy groups -OCH3 is 1. The highest BCUT2D eigenvalue weighted by Crippen LogP contribution is 2.26. The zero-order valence-corrected chi connectivity index (χ0v) is 21.4. The Morgan fingerprint density at radius 2 is 1.78 bits per heavy atom. The molecule has 1 aromatic heterocycles. The van der Waals surface area contributed by atoms with E-state index in [0.717, 1.165) is 16.8 Å². The number of para-hydroxylation sites is 1. The van der Waals surface area contributed by atoms with Gasteiger partial charge in [-0.1, -0.05) is 36.0 Å². The molecule has 0 spiro atoms. The number of hydrogen-bond donors (Lipinski definition) is 2. The number of ether oxygens (including phenoxy) is 1. The molecule has 2 amide bonds. The molecule has 2 N–H and O–H groups in total. The Bertz CT molecular complexity index is 1420. The average Bonchev–Trinajstić information content (AvgIpc) is 3.31. The number of rotatable bonds is 9. The van der Waals surface area contributed by atoms with Crippen molar-refractivity contribution in [2.45, 2.75) is 25.5 Å². The maximum Gasteiger partial charge on any atom is 0.255 e. The Hall–Kier alpha value is -4.18. The Balaban J connectivity index is 1.55. The quantitative estimate of drug-likeness (QED) is 0.311. The maximum absolute atomic E-state index is 13.1. The minimum Gasteiger partial charge on any atom is -0.496 e. The van der Waals surface area contributed by atoms with Crippen LogP contribution in [0, 0.1) is 19.7 Å². The summed E-state index contributed by atoms with van der Waals surface area (Å²) in [6.45, 7) is 4.07. The number of anilines is 1. The molecule has 4 aromatic rings. The topological polar surface area (TPSA) is 98.1 Å². The summed E-state index contributed by atoms with van der Waals surface area (Å²) in [7, 11) is 1.51. The van der Waals surface area contributed by atoms with E-state index in [9.17, 15) is 14.0 Å². The van der Waals surface area contributed by atoms with Crippen LogP contribution < -0.4 is 15.4 Å². The number of nitrogens with zero attached hydrogens (tertiary/aromatic N) is 3. The van der Waals surface area contributed by atoms with Gasteiger partial charge in [-0.15, -0.1) is 10.2 Å². The van der Waals surface area contributed by atoms with Gasteiger partial charge in [0.1, 0.15) is 11.6 Å². The Labute approximate surface area is 218 Å². The smallest absolute Gasteiger partial charge is 0.255 e. The average molecular weight is 520 g/mol. The molecule has 0 aliphatic carbocycles. The molecule has 4 rings (SSSR count). The van der Waals surface area contributed by atoms with Crippen LogP contribution in [-0.4, -0.2) is 39.4 Å². The first-order valence-corrected chi connectivity index (χ1v) is 12.5. The van der Waals surface area contributed by atoms with E-state index in [1.165, 1.54) is 43.1 Å². The van der Waals surface area contributed by atoms with E-state index in [0.29, 0.717) is 28.0 Å². The molecule has 0 fully saturated rings. The van der Waals surface area contributed by atoms with Crippen LogP contribution >= 0.6 is 11.8 Å². The first kappa shape index (κ1) is 25.9. The Morgan fingerprint density at radius 1 is 1.03 bits per heavy atom. The second-order valence-electron chi connectivity index (χ2n) is 8.25. The first-order chi connectivity index (χ1) is 17.9. The third-order valence-corrected chi connectivity index (χ3v) is 6.45. The second-order valence-corrected chi connectivity index (χ2v) is 9.19. The van der Waals surface area contributed by atoms with Crippen LogP contribution in [-0.2, 0) is 11.3 Å². The summed E-state index contributed by atoms with van der Waals surface area (Å²) < 4.78 is 20.3. The van der Waals surface area contributed by atoms with Crippen LogP contribution in [0.25, 0.3) is 5.69 Å². The van der Waals surface area contributed by atoms with Gasteiger partial charge in [0.05, 0.1) is 30.7 Å². The summed E-state index contributed by atoms with van der Waals surface area (Å²) in [5.74, 6) is 0.102. The summed E-state index contributed by atoms with van der Waals surface area (Å²) in [6.07, 6.45) is 0. The van der Waals surface area contributed by atoms with Crippen molar-refractivity contribution in [3.63, 3.8) is 0 Å². The molecule has 0 unspecified atom stereocenters. The minimum absolute atomic E-state index is 0.0634. The van der Waals surface area contributed by atoms with Crippen molar-refractivity contribution in [1.82, 2.24) is 20.1 Å². The van der Waals surface area contributed by atoms with Crippen LogP contribution in [0.1, 0.15) is 27.3 Å².